The van der Waals surface area contributed by atoms with Crippen molar-refractivity contribution in [3.05, 3.63) is 52.6 Å². The molecular formula is C33H37N5O9. The van der Waals surface area contributed by atoms with Gasteiger partial charge in [-0.05, 0) is 55.5 Å². The van der Waals surface area contributed by atoms with Crippen LogP contribution in [0, 0.1) is 5.41 Å². The predicted molar refractivity (Wildman–Crippen MR) is 166 cm³/mol. The van der Waals surface area contributed by atoms with Crippen molar-refractivity contribution >= 4 is 41.1 Å². The number of nitrogens with one attached hydrogen (secondary N) is 2. The first-order chi connectivity index (χ1) is 22.6. The first-order valence-electron chi connectivity index (χ1n) is 15.7. The molecule has 6 rings (SSSR count). The number of hydrogen-bond donors (Lipinski definition) is 3. The van der Waals surface area contributed by atoms with Crippen LogP contribution >= 0.6 is 0 Å². The minimum atomic E-state index is -1.03. The van der Waals surface area contributed by atoms with E-state index >= 15 is 0 Å². The molecule has 2 aromatic rings. The van der Waals surface area contributed by atoms with Crippen molar-refractivity contribution in [1.29, 1.82) is 0 Å². The summed E-state index contributed by atoms with van der Waals surface area (Å²) in [5, 5.41) is 4.97. The van der Waals surface area contributed by atoms with Crippen LogP contribution < -0.4 is 25.8 Å². The molecule has 0 aromatic heterocycles. The number of hydrogen-bond acceptors (Lipinski definition) is 10. The summed E-state index contributed by atoms with van der Waals surface area (Å²) in [7, 11) is 1.45. The van der Waals surface area contributed by atoms with Crippen molar-refractivity contribution in [1.82, 2.24) is 20.4 Å². The van der Waals surface area contributed by atoms with Crippen molar-refractivity contribution in [2.24, 2.45) is 5.41 Å². The molecule has 4 N–H and O–H groups in total. The van der Waals surface area contributed by atoms with Crippen LogP contribution in [-0.2, 0) is 25.5 Å². The summed E-state index contributed by atoms with van der Waals surface area (Å²) < 4.78 is 16.9. The number of rotatable bonds is 9. The summed E-state index contributed by atoms with van der Waals surface area (Å²) >= 11 is 0. The van der Waals surface area contributed by atoms with Crippen LogP contribution in [0.4, 0.5) is 5.69 Å². The maximum absolute atomic E-state index is 13.3. The SMILES string of the molecule is COc1c(N)cccc1C(=O)NCCOCCC(=O)N1CCC2(CC1)COc1cc3c(cc1C2)C(=O)N(C1CCC(=O)NC1=O)C3=O. The molecule has 14 nitrogen and oxygen atoms in total. The summed E-state index contributed by atoms with van der Waals surface area (Å²) in [6, 6.07) is 7.21. The molecule has 6 amide bonds. The largest absolute Gasteiger partial charge is 0.494 e. The molecule has 2 saturated heterocycles. The molecule has 0 saturated carbocycles. The monoisotopic (exact) mass is 647 g/mol. The minimum Gasteiger partial charge on any atom is -0.494 e. The van der Waals surface area contributed by atoms with Crippen LogP contribution in [0.25, 0.3) is 0 Å². The van der Waals surface area contributed by atoms with E-state index in [-0.39, 0.29) is 67.4 Å². The average Bonchev–Trinajstić information content (AvgIpc) is 3.29. The Labute approximate surface area is 270 Å². The molecule has 1 unspecified atom stereocenters. The van der Waals surface area contributed by atoms with Crippen molar-refractivity contribution in [2.75, 3.05) is 52.3 Å². The van der Waals surface area contributed by atoms with Crippen LogP contribution in [0.1, 0.15) is 68.7 Å². The molecule has 0 bridgehead atoms. The number of nitrogens with zero attached hydrogens (tertiary/aromatic N) is 2. The van der Waals surface area contributed by atoms with E-state index in [1.54, 1.807) is 30.3 Å². The number of carbonyl (C=O) groups excluding carboxylic acids is 6. The average molecular weight is 648 g/mol. The number of methoxy groups -OCH3 is 1. The number of nitrogens with two attached hydrogens (primary N) is 1. The highest BCUT2D eigenvalue weighted by atomic mass is 16.5. The van der Waals surface area contributed by atoms with E-state index in [0.717, 1.165) is 10.5 Å². The van der Waals surface area contributed by atoms with Gasteiger partial charge in [-0.25, -0.2) is 0 Å². The van der Waals surface area contributed by atoms with Gasteiger partial charge in [0.05, 0.1) is 55.7 Å². The fourth-order valence-corrected chi connectivity index (χ4v) is 6.76. The lowest BCUT2D eigenvalue weighted by atomic mass is 9.72. The predicted octanol–water partition coefficient (Wildman–Crippen LogP) is 1.06. The molecule has 248 valence electrons. The zero-order chi connectivity index (χ0) is 33.3. The Kier molecular flexibility index (Phi) is 8.86. The van der Waals surface area contributed by atoms with Gasteiger partial charge in [0.1, 0.15) is 11.8 Å². The Balaban J connectivity index is 0.964. The molecule has 0 aliphatic carbocycles. The number of nitrogen functional groups attached to an aromatic ring is 1. The fraction of sp³-hybridized carbons (Fsp3) is 0.455. The Morgan fingerprint density at radius 1 is 1.09 bits per heavy atom. The third-order valence-corrected chi connectivity index (χ3v) is 9.38. The molecule has 4 aliphatic heterocycles. The highest BCUT2D eigenvalue weighted by Crippen LogP contribution is 2.44. The second kappa shape index (κ2) is 13.0. The van der Waals surface area contributed by atoms with Crippen molar-refractivity contribution in [3.8, 4) is 11.5 Å². The zero-order valence-corrected chi connectivity index (χ0v) is 26.1. The molecule has 1 spiro atoms. The summed E-state index contributed by atoms with van der Waals surface area (Å²) in [4.78, 5) is 78.6. The van der Waals surface area contributed by atoms with Crippen LogP contribution in [0.2, 0.25) is 0 Å². The van der Waals surface area contributed by atoms with Gasteiger partial charge < -0.3 is 30.2 Å². The summed E-state index contributed by atoms with van der Waals surface area (Å²) in [6.07, 6.45) is 2.43. The normalized spacial score (nSPS) is 20.0. The fourth-order valence-electron chi connectivity index (χ4n) is 6.76. The number of benzene rings is 2. The Morgan fingerprint density at radius 3 is 2.55 bits per heavy atom. The molecule has 4 aliphatic rings. The van der Waals surface area contributed by atoms with Crippen LogP contribution in [-0.4, -0.2) is 97.8 Å². The van der Waals surface area contributed by atoms with Crippen LogP contribution in [0.3, 0.4) is 0 Å². The van der Waals surface area contributed by atoms with E-state index in [9.17, 15) is 28.8 Å². The third-order valence-electron chi connectivity index (χ3n) is 9.38. The van der Waals surface area contributed by atoms with Gasteiger partial charge in [0, 0.05) is 31.5 Å². The van der Waals surface area contributed by atoms with Crippen LogP contribution in [0.5, 0.6) is 11.5 Å². The molecule has 0 radical (unpaired) electrons. The number of likely N-dealkylation sites (tertiary alicyclic amines) is 1. The zero-order valence-electron chi connectivity index (χ0n) is 26.1. The number of anilines is 1. The van der Waals surface area contributed by atoms with Gasteiger partial charge in [0.15, 0.2) is 5.75 Å². The Bertz CT molecular complexity index is 1650. The summed E-state index contributed by atoms with van der Waals surface area (Å²) in [5.74, 6) is -1.67. The third kappa shape index (κ3) is 6.24. The van der Waals surface area contributed by atoms with Gasteiger partial charge in [-0.15, -0.1) is 0 Å². The van der Waals surface area contributed by atoms with Crippen molar-refractivity contribution in [2.45, 2.75) is 44.6 Å². The summed E-state index contributed by atoms with van der Waals surface area (Å²) in [6.45, 7) is 2.27. The maximum atomic E-state index is 13.3. The number of piperidine rings is 2. The molecule has 2 aromatic carbocycles. The van der Waals surface area contributed by atoms with Gasteiger partial charge in [0.2, 0.25) is 17.7 Å². The van der Waals surface area contributed by atoms with Crippen molar-refractivity contribution < 1.29 is 43.0 Å². The van der Waals surface area contributed by atoms with E-state index in [1.807, 2.05) is 4.90 Å². The van der Waals surface area contributed by atoms with E-state index < -0.39 is 29.7 Å². The number of fused-ring (bicyclic) bond motifs is 2. The van der Waals surface area contributed by atoms with Gasteiger partial charge >= 0.3 is 0 Å². The highest BCUT2D eigenvalue weighted by Gasteiger charge is 2.47. The quantitative estimate of drug-likeness (QED) is 0.202. The maximum Gasteiger partial charge on any atom is 0.262 e. The standard InChI is InChI=1S/C33H37N5O9/c1-45-28-20(3-2-4-23(28)34)29(41)35-10-14-46-13-7-27(40)37-11-8-33(9-12-37)17-19-15-21-22(16-25(19)47-18-33)32(44)38(31(21)43)24-5-6-26(39)36-30(24)42/h2-4,15-16,24H,5-14,17-18,34H2,1H3,(H,35,41)(H,36,39,42). The van der Waals surface area contributed by atoms with Crippen molar-refractivity contribution in [3.63, 3.8) is 0 Å². The lowest BCUT2D eigenvalue weighted by molar-refractivity contribution is -0.137. The van der Waals surface area contributed by atoms with Gasteiger partial charge in [0.25, 0.3) is 17.7 Å². The number of para-hydroxylation sites is 1. The first-order valence-corrected chi connectivity index (χ1v) is 15.7. The van der Waals surface area contributed by atoms with E-state index in [2.05, 4.69) is 10.6 Å². The molecule has 2 fully saturated rings. The highest BCUT2D eigenvalue weighted by molar-refractivity contribution is 6.23. The van der Waals surface area contributed by atoms with Gasteiger partial charge in [-0.2, -0.15) is 0 Å². The number of imide groups is 2. The number of amides is 6. The number of carbonyl (C=O) groups is 6. The Hall–Kier alpha value is -4.98. The van der Waals surface area contributed by atoms with E-state index in [0.29, 0.717) is 61.7 Å². The first kappa shape index (κ1) is 32.0. The molecule has 4 heterocycles. The summed E-state index contributed by atoms with van der Waals surface area (Å²) in [5.41, 5.74) is 7.60. The molecular weight excluding hydrogens is 610 g/mol. The van der Waals surface area contributed by atoms with Crippen LogP contribution in [0.15, 0.2) is 30.3 Å². The minimum absolute atomic E-state index is 0.0130. The topological polar surface area (TPSA) is 187 Å². The number of ether oxygens (including phenoxy) is 3. The lowest BCUT2D eigenvalue weighted by Crippen LogP contribution is -2.54. The lowest BCUT2D eigenvalue weighted by Gasteiger charge is -2.44. The second-order valence-corrected chi connectivity index (χ2v) is 12.3. The molecule has 14 heteroatoms. The van der Waals surface area contributed by atoms with Gasteiger partial charge in [-0.1, -0.05) is 6.07 Å². The smallest absolute Gasteiger partial charge is 0.262 e. The Morgan fingerprint density at radius 2 is 1.83 bits per heavy atom. The second-order valence-electron chi connectivity index (χ2n) is 12.3. The molecule has 47 heavy (non-hydrogen) atoms. The van der Waals surface area contributed by atoms with E-state index in [4.69, 9.17) is 19.9 Å². The van der Waals surface area contributed by atoms with Gasteiger partial charge in [-0.3, -0.25) is 39.0 Å². The molecule has 1 atom stereocenters. The van der Waals surface area contributed by atoms with E-state index in [1.165, 1.54) is 7.11 Å².